The van der Waals surface area contributed by atoms with Crippen molar-refractivity contribution >= 4 is 40.2 Å². The number of halogens is 3. The number of carbonyl (C=O) groups excluding carboxylic acids is 1. The number of pyridine rings is 1. The van der Waals surface area contributed by atoms with Gasteiger partial charge in [0.2, 0.25) is 5.88 Å². The fourth-order valence-electron chi connectivity index (χ4n) is 8.66. The molecule has 2 aromatic carbocycles. The van der Waals surface area contributed by atoms with E-state index in [1.807, 2.05) is 31.2 Å². The molecule has 0 radical (unpaired) electrons. The number of aryl methyl sites for hydroxylation is 2. The molecule has 2 unspecified atom stereocenters. The van der Waals surface area contributed by atoms with Gasteiger partial charge in [0.15, 0.2) is 11.5 Å². The first kappa shape index (κ1) is 38.4. The number of benzene rings is 2. The van der Waals surface area contributed by atoms with Crippen molar-refractivity contribution in [3.05, 3.63) is 90.8 Å². The van der Waals surface area contributed by atoms with Gasteiger partial charge in [0.25, 0.3) is 12.0 Å². The van der Waals surface area contributed by atoms with Crippen LogP contribution in [0.3, 0.4) is 0 Å². The Hall–Kier alpha value is -5.45. The first-order chi connectivity index (χ1) is 27.3. The molecule has 17 heteroatoms. The number of fused-ring (bicyclic) bond motifs is 2. The Kier molecular flexibility index (Phi) is 9.98. The number of methoxy groups -OCH3 is 1. The molecule has 57 heavy (non-hydrogen) atoms. The molecule has 3 aromatic heterocycles. The maximum atomic E-state index is 14.0. The zero-order valence-electron chi connectivity index (χ0n) is 31.9. The Balaban J connectivity index is 1.11. The zero-order chi connectivity index (χ0) is 40.3. The van der Waals surface area contributed by atoms with Gasteiger partial charge in [-0.1, -0.05) is 41.9 Å². The molecule has 2 fully saturated rings. The minimum Gasteiger partial charge on any atom is -0.481 e. The molecule has 14 nitrogen and oxygen atoms in total. The number of nitrogens with one attached hydrogen (secondary N) is 2. The smallest absolute Gasteiger partial charge is 0.332 e. The van der Waals surface area contributed by atoms with E-state index in [9.17, 15) is 28.3 Å². The molecule has 1 spiro atoms. The lowest BCUT2D eigenvalue weighted by atomic mass is 9.92. The number of likely N-dealkylation sites (tertiary alicyclic amines) is 1. The molecular formula is C40H42ClF2N9O5. The van der Waals surface area contributed by atoms with Crippen LogP contribution in [-0.2, 0) is 20.5 Å². The summed E-state index contributed by atoms with van der Waals surface area (Å²) in [7, 11) is 4.28. The Bertz CT molecular complexity index is 2560. The summed E-state index contributed by atoms with van der Waals surface area (Å²) in [6, 6.07) is 13.1. The van der Waals surface area contributed by atoms with Crippen LogP contribution in [0.15, 0.2) is 52.1 Å². The van der Waals surface area contributed by atoms with Crippen molar-refractivity contribution in [3.63, 3.8) is 0 Å². The molecular weight excluding hydrogens is 760 g/mol. The van der Waals surface area contributed by atoms with E-state index in [0.29, 0.717) is 52.1 Å². The Labute approximate surface area is 331 Å². The number of anilines is 2. The maximum absolute atomic E-state index is 14.0. The third-order valence-corrected chi connectivity index (χ3v) is 12.1. The lowest BCUT2D eigenvalue weighted by molar-refractivity contribution is 0.127. The summed E-state index contributed by atoms with van der Waals surface area (Å²) in [6.45, 7) is 4.26. The summed E-state index contributed by atoms with van der Waals surface area (Å²) >= 11 is 7.23. The van der Waals surface area contributed by atoms with Crippen molar-refractivity contribution < 1.29 is 23.4 Å². The van der Waals surface area contributed by atoms with Crippen molar-refractivity contribution in [1.29, 1.82) is 0 Å². The second-order valence-corrected chi connectivity index (χ2v) is 15.3. The fraction of sp³-hybridized carbons (Fsp3) is 0.400. The van der Waals surface area contributed by atoms with Gasteiger partial charge in [-0.25, -0.2) is 33.3 Å². The summed E-state index contributed by atoms with van der Waals surface area (Å²) in [4.78, 5) is 55.7. The highest BCUT2D eigenvalue weighted by Crippen LogP contribution is 2.47. The number of hydrogen-bond acceptors (Lipinski definition) is 10. The summed E-state index contributed by atoms with van der Waals surface area (Å²) in [5.74, 6) is -0.452. The first-order valence-corrected chi connectivity index (χ1v) is 19.1. The van der Waals surface area contributed by atoms with Gasteiger partial charge < -0.3 is 25.4 Å². The van der Waals surface area contributed by atoms with E-state index in [4.69, 9.17) is 21.3 Å². The van der Waals surface area contributed by atoms with Crippen LogP contribution >= 0.6 is 11.6 Å². The number of hydrogen-bond donors (Lipinski definition) is 3. The highest BCUT2D eigenvalue weighted by atomic mass is 35.5. The molecule has 3 N–H and O–H groups in total. The number of β-amino-alcohol motifs (C(OH)–C–C–N with tert-alkyl or cyclic N) is 1. The van der Waals surface area contributed by atoms with E-state index >= 15 is 0 Å². The van der Waals surface area contributed by atoms with Crippen molar-refractivity contribution in [2.24, 2.45) is 14.1 Å². The lowest BCUT2D eigenvalue weighted by Gasteiger charge is -2.40. The minimum atomic E-state index is -3.05. The normalized spacial score (nSPS) is 19.5. The summed E-state index contributed by atoms with van der Waals surface area (Å²) in [5, 5.41) is 16.0. The van der Waals surface area contributed by atoms with Crippen LogP contribution in [0.1, 0.15) is 54.2 Å². The summed E-state index contributed by atoms with van der Waals surface area (Å²) in [5.41, 5.74) is 4.19. The maximum Gasteiger partial charge on any atom is 0.332 e. The average molecular weight is 802 g/mol. The quantitative estimate of drug-likeness (QED) is 0.180. The number of rotatable bonds is 9. The van der Waals surface area contributed by atoms with Crippen LogP contribution in [0, 0.1) is 6.92 Å². The Morgan fingerprint density at radius 2 is 1.77 bits per heavy atom. The molecule has 2 saturated heterocycles. The zero-order valence-corrected chi connectivity index (χ0v) is 32.7. The van der Waals surface area contributed by atoms with E-state index in [1.165, 1.54) is 14.1 Å². The fourth-order valence-corrected chi connectivity index (χ4v) is 8.99. The number of nitrogens with zero attached hydrogens (tertiary/aromatic N) is 7. The van der Waals surface area contributed by atoms with Crippen molar-refractivity contribution in [3.8, 4) is 28.3 Å². The first-order valence-electron chi connectivity index (χ1n) is 18.8. The number of aromatic nitrogens is 5. The van der Waals surface area contributed by atoms with Crippen LogP contribution in [0.4, 0.5) is 25.1 Å². The molecule has 2 amide bonds. The van der Waals surface area contributed by atoms with Gasteiger partial charge in [-0.3, -0.25) is 18.8 Å². The third kappa shape index (κ3) is 6.58. The summed E-state index contributed by atoms with van der Waals surface area (Å²) in [6.07, 6.45) is 0.306. The molecule has 3 aliphatic rings. The number of carbonyl (C=O) groups is 1. The molecule has 8 rings (SSSR count). The number of alkyl halides is 2. The van der Waals surface area contributed by atoms with Gasteiger partial charge in [-0.2, -0.15) is 0 Å². The van der Waals surface area contributed by atoms with Crippen LogP contribution in [0.2, 0.25) is 5.02 Å². The van der Waals surface area contributed by atoms with Gasteiger partial charge in [-0.05, 0) is 61.4 Å². The van der Waals surface area contributed by atoms with Crippen LogP contribution < -0.4 is 26.6 Å². The molecule has 5 aromatic rings. The van der Waals surface area contributed by atoms with Crippen molar-refractivity contribution in [2.45, 2.75) is 50.6 Å². The molecule has 0 bridgehead atoms. The Morgan fingerprint density at radius 3 is 2.51 bits per heavy atom. The third-order valence-electron chi connectivity index (χ3n) is 11.7. The average Bonchev–Trinajstić information content (AvgIpc) is 3.82. The number of aliphatic hydroxyl groups excluding tert-OH is 1. The number of amides is 2. The second kappa shape index (κ2) is 14.8. The van der Waals surface area contributed by atoms with Crippen LogP contribution in [0.25, 0.3) is 33.4 Å². The van der Waals surface area contributed by atoms with Gasteiger partial charge in [0.05, 0.1) is 30.0 Å². The minimum absolute atomic E-state index is 0.0631. The van der Waals surface area contributed by atoms with E-state index in [-0.39, 0.29) is 41.1 Å². The Morgan fingerprint density at radius 1 is 1.04 bits per heavy atom. The molecule has 1 aliphatic carbocycles. The van der Waals surface area contributed by atoms with Gasteiger partial charge in [0, 0.05) is 68.7 Å². The highest BCUT2D eigenvalue weighted by molar-refractivity contribution is 6.36. The predicted molar refractivity (Wildman–Crippen MR) is 211 cm³/mol. The van der Waals surface area contributed by atoms with E-state index < -0.39 is 23.5 Å². The van der Waals surface area contributed by atoms with Gasteiger partial charge >= 0.3 is 11.7 Å². The number of ether oxygens (including phenoxy) is 1. The van der Waals surface area contributed by atoms with Crippen molar-refractivity contribution in [1.82, 2.24) is 39.2 Å². The predicted octanol–water partition coefficient (Wildman–Crippen LogP) is 5.25. The molecule has 2 aliphatic heterocycles. The van der Waals surface area contributed by atoms with Gasteiger partial charge in [-0.15, -0.1) is 0 Å². The molecule has 298 valence electrons. The highest BCUT2D eigenvalue weighted by Gasteiger charge is 2.46. The SMILES string of the molecule is COc1nc(-c2cccc(-c3cccc(Nc4nc(C(F)F)nc5c4c(=O)n(C)c(=O)n5C)c3C)c2Cl)cc2c1C(N1CCC3(CCN(CCO)C(=O)N3)C1)CC2. The van der Waals surface area contributed by atoms with Crippen LogP contribution in [-0.4, -0.2) is 90.5 Å². The van der Waals surface area contributed by atoms with E-state index in [0.717, 1.165) is 64.6 Å². The van der Waals surface area contributed by atoms with Crippen LogP contribution in [0.5, 0.6) is 5.88 Å². The van der Waals surface area contributed by atoms with Gasteiger partial charge in [0.1, 0.15) is 11.2 Å². The lowest BCUT2D eigenvalue weighted by Crippen LogP contribution is -2.61. The van der Waals surface area contributed by atoms with E-state index in [2.05, 4.69) is 31.6 Å². The summed E-state index contributed by atoms with van der Waals surface area (Å²) < 4.78 is 35.8. The molecule has 2 atom stereocenters. The standard InChI is InChI=1S/C40H42ClF2N9O5/c1-21-23(7-6-10-26(21)44-33-30-35(47-34(46-33)32(42)43)49(2)39(56)50(3)37(30)54)24-8-5-9-25(31(24)41)27-19-22-11-12-28(29(22)36(45-27)57-4)52-16-14-40(20-52)13-15-51(17-18-53)38(55)48-40/h5-10,19,28,32,53H,11-18,20H2,1-4H3,(H,48,55)(H,44,46,47). The molecule has 5 heterocycles. The van der Waals surface area contributed by atoms with E-state index in [1.54, 1.807) is 24.1 Å². The largest absolute Gasteiger partial charge is 0.481 e. The number of aliphatic hydroxyl groups is 1. The molecule has 0 saturated carbocycles. The topological polar surface area (TPSA) is 160 Å². The second-order valence-electron chi connectivity index (χ2n) is 14.9. The monoisotopic (exact) mass is 801 g/mol. The number of urea groups is 1. The van der Waals surface area contributed by atoms with Crippen molar-refractivity contribution in [2.75, 3.05) is 45.2 Å².